The number of rotatable bonds is 17. The van der Waals surface area contributed by atoms with Crippen molar-refractivity contribution in [1.29, 1.82) is 0 Å². The topological polar surface area (TPSA) is 74.6 Å². The highest BCUT2D eigenvalue weighted by Crippen LogP contribution is 2.25. The third-order valence-electron chi connectivity index (χ3n) is 5.42. The Hall–Kier alpha value is -1.32. The van der Waals surface area contributed by atoms with Crippen molar-refractivity contribution in [2.45, 2.75) is 111 Å². The molecule has 0 unspecified atom stereocenters. The fraction of sp³-hybridized carbons (Fsp3) is 0.826. The number of unbranched alkanes of at least 4 members (excludes halogenated alkanes) is 9. The predicted molar refractivity (Wildman–Crippen MR) is 112 cm³/mol. The van der Waals surface area contributed by atoms with E-state index in [-0.39, 0.29) is 0 Å². The summed E-state index contributed by atoms with van der Waals surface area (Å²) < 4.78 is 0. The van der Waals surface area contributed by atoms with Crippen LogP contribution in [0.3, 0.4) is 0 Å². The second-order valence-corrected chi connectivity index (χ2v) is 9.11. The summed E-state index contributed by atoms with van der Waals surface area (Å²) in [6.45, 7) is 7.21. The molecule has 0 aromatic rings. The molecule has 158 valence electrons. The number of aliphatic carboxylic acids is 2. The molecule has 0 fully saturated rings. The van der Waals surface area contributed by atoms with Gasteiger partial charge >= 0.3 is 11.9 Å². The van der Waals surface area contributed by atoms with Crippen molar-refractivity contribution in [2.24, 2.45) is 10.8 Å². The molecular formula is C23H42O4. The summed E-state index contributed by atoms with van der Waals surface area (Å²) in [4.78, 5) is 22.0. The highest BCUT2D eigenvalue weighted by Gasteiger charge is 2.26. The summed E-state index contributed by atoms with van der Waals surface area (Å²) in [7, 11) is 0. The maximum atomic E-state index is 11.0. The maximum Gasteiger partial charge on any atom is 0.309 e. The zero-order valence-corrected chi connectivity index (χ0v) is 18.1. The van der Waals surface area contributed by atoms with Crippen molar-refractivity contribution >= 4 is 11.9 Å². The smallest absolute Gasteiger partial charge is 0.309 e. The Labute approximate surface area is 166 Å². The van der Waals surface area contributed by atoms with Gasteiger partial charge in [-0.25, -0.2) is 0 Å². The van der Waals surface area contributed by atoms with Gasteiger partial charge in [0.2, 0.25) is 0 Å². The Kier molecular flexibility index (Phi) is 13.1. The number of hydrogen-bond donors (Lipinski definition) is 2. The van der Waals surface area contributed by atoms with E-state index in [0.717, 1.165) is 51.4 Å². The molecule has 2 N–H and O–H groups in total. The zero-order chi connectivity index (χ0) is 20.8. The third kappa shape index (κ3) is 13.5. The van der Waals surface area contributed by atoms with Crippen LogP contribution >= 0.6 is 0 Å². The number of carbonyl (C=O) groups is 2. The van der Waals surface area contributed by atoms with E-state index in [1.807, 2.05) is 0 Å². The van der Waals surface area contributed by atoms with Crippen LogP contribution < -0.4 is 0 Å². The molecule has 27 heavy (non-hydrogen) atoms. The van der Waals surface area contributed by atoms with Crippen LogP contribution in [0.25, 0.3) is 0 Å². The lowest BCUT2D eigenvalue weighted by molar-refractivity contribution is -0.148. The van der Waals surface area contributed by atoms with Gasteiger partial charge in [0.1, 0.15) is 0 Å². The highest BCUT2D eigenvalue weighted by molar-refractivity contribution is 5.73. The predicted octanol–water partition coefficient (Wildman–Crippen LogP) is 6.84. The minimum Gasteiger partial charge on any atom is -0.481 e. The molecule has 0 radical (unpaired) electrons. The lowest BCUT2D eigenvalue weighted by atomic mass is 9.87. The third-order valence-corrected chi connectivity index (χ3v) is 5.42. The molecule has 0 aliphatic carbocycles. The normalized spacial score (nSPS) is 12.6. The van der Waals surface area contributed by atoms with Crippen LogP contribution in [0.2, 0.25) is 0 Å². The van der Waals surface area contributed by atoms with Crippen LogP contribution in [0.15, 0.2) is 12.2 Å². The summed E-state index contributed by atoms with van der Waals surface area (Å²) in [5.41, 5.74) is -1.18. The molecule has 0 aromatic heterocycles. The Morgan fingerprint density at radius 1 is 0.593 bits per heavy atom. The van der Waals surface area contributed by atoms with Crippen LogP contribution in [-0.4, -0.2) is 22.2 Å². The first-order valence-electron chi connectivity index (χ1n) is 10.7. The van der Waals surface area contributed by atoms with Crippen molar-refractivity contribution in [3.05, 3.63) is 12.2 Å². The average Bonchev–Trinajstić information content (AvgIpc) is 2.57. The molecule has 0 heterocycles. The second kappa shape index (κ2) is 13.8. The Balaban J connectivity index is 3.42. The summed E-state index contributed by atoms with van der Waals surface area (Å²) in [5.74, 6) is -1.40. The van der Waals surface area contributed by atoms with E-state index in [1.165, 1.54) is 32.1 Å². The molecule has 4 nitrogen and oxygen atoms in total. The molecule has 0 spiro atoms. The first-order chi connectivity index (χ1) is 12.6. The van der Waals surface area contributed by atoms with Crippen molar-refractivity contribution in [3.8, 4) is 0 Å². The molecule has 0 saturated carbocycles. The Morgan fingerprint density at radius 3 is 1.22 bits per heavy atom. The van der Waals surface area contributed by atoms with Crippen LogP contribution in [0.5, 0.6) is 0 Å². The zero-order valence-electron chi connectivity index (χ0n) is 18.1. The van der Waals surface area contributed by atoms with E-state index in [9.17, 15) is 9.59 Å². The minimum absolute atomic E-state index is 0.588. The van der Waals surface area contributed by atoms with Gasteiger partial charge in [-0.3, -0.25) is 9.59 Å². The monoisotopic (exact) mass is 382 g/mol. The first-order valence-corrected chi connectivity index (χ1v) is 10.7. The fourth-order valence-electron chi connectivity index (χ4n) is 2.99. The molecule has 0 saturated heterocycles. The lowest BCUT2D eigenvalue weighted by Gasteiger charge is -2.18. The van der Waals surface area contributed by atoms with Crippen molar-refractivity contribution in [3.63, 3.8) is 0 Å². The van der Waals surface area contributed by atoms with Gasteiger partial charge in [0.25, 0.3) is 0 Å². The number of carboxylic acid groups (broad SMARTS) is 2. The summed E-state index contributed by atoms with van der Waals surface area (Å²) in [6.07, 6.45) is 18.5. The van der Waals surface area contributed by atoms with Crippen molar-refractivity contribution in [1.82, 2.24) is 0 Å². The van der Waals surface area contributed by atoms with Gasteiger partial charge in [-0.2, -0.15) is 0 Å². The van der Waals surface area contributed by atoms with Gasteiger partial charge in [0.15, 0.2) is 0 Å². The van der Waals surface area contributed by atoms with Crippen LogP contribution in [0, 0.1) is 10.8 Å². The van der Waals surface area contributed by atoms with E-state index in [0.29, 0.717) is 0 Å². The molecule has 4 heteroatoms. The average molecular weight is 383 g/mol. The van der Waals surface area contributed by atoms with Gasteiger partial charge < -0.3 is 10.2 Å². The van der Waals surface area contributed by atoms with Gasteiger partial charge in [-0.05, 0) is 66.2 Å². The maximum absolute atomic E-state index is 11.0. The van der Waals surface area contributed by atoms with Crippen LogP contribution in [-0.2, 0) is 9.59 Å². The van der Waals surface area contributed by atoms with E-state index in [1.54, 1.807) is 27.7 Å². The van der Waals surface area contributed by atoms with E-state index >= 15 is 0 Å². The molecule has 0 bridgehead atoms. The van der Waals surface area contributed by atoms with Crippen molar-refractivity contribution in [2.75, 3.05) is 0 Å². The molecule has 0 aromatic carbocycles. The van der Waals surface area contributed by atoms with E-state index in [4.69, 9.17) is 10.2 Å². The molecule has 0 rings (SSSR count). The van der Waals surface area contributed by atoms with Gasteiger partial charge in [0.05, 0.1) is 10.8 Å². The molecule has 0 atom stereocenters. The Morgan fingerprint density at radius 2 is 0.889 bits per heavy atom. The van der Waals surface area contributed by atoms with Gasteiger partial charge in [0, 0.05) is 0 Å². The number of hydrogen-bond acceptors (Lipinski definition) is 2. The van der Waals surface area contributed by atoms with Gasteiger partial charge in [-0.1, -0.05) is 57.1 Å². The summed E-state index contributed by atoms with van der Waals surface area (Å²) in [6, 6.07) is 0. The molecule has 0 aliphatic heterocycles. The largest absolute Gasteiger partial charge is 0.481 e. The standard InChI is InChI=1S/C23H42O4/c1-22(2,20(24)25)18-16-14-12-10-8-6-5-7-9-11-13-15-17-19-23(3,4)21(26)27/h5-6H,7-19H2,1-4H3,(H,24,25)(H,26,27)/b6-5-. The van der Waals surface area contributed by atoms with Gasteiger partial charge in [-0.15, -0.1) is 0 Å². The first kappa shape index (κ1) is 25.7. The van der Waals surface area contributed by atoms with E-state index in [2.05, 4.69) is 12.2 Å². The summed E-state index contributed by atoms with van der Waals surface area (Å²) >= 11 is 0. The van der Waals surface area contributed by atoms with Crippen molar-refractivity contribution < 1.29 is 19.8 Å². The SMILES string of the molecule is CC(C)(CCCCCC/C=C\CCCCCCCC(C)(C)C(=O)O)C(=O)O. The Bertz CT molecular complexity index is 449. The minimum atomic E-state index is -0.700. The van der Waals surface area contributed by atoms with E-state index < -0.39 is 22.8 Å². The van der Waals surface area contributed by atoms with Crippen LogP contribution in [0.1, 0.15) is 111 Å². The number of allylic oxidation sites excluding steroid dienone is 2. The highest BCUT2D eigenvalue weighted by atomic mass is 16.4. The second-order valence-electron chi connectivity index (χ2n) is 9.11. The summed E-state index contributed by atoms with van der Waals surface area (Å²) in [5, 5.41) is 18.1. The molecule has 0 aliphatic rings. The molecular weight excluding hydrogens is 340 g/mol. The lowest BCUT2D eigenvalue weighted by Crippen LogP contribution is -2.23. The molecule has 0 amide bonds. The number of carboxylic acids is 2. The quantitative estimate of drug-likeness (QED) is 0.213. The van der Waals surface area contributed by atoms with Crippen LogP contribution in [0.4, 0.5) is 0 Å². The fourth-order valence-corrected chi connectivity index (χ4v) is 2.99.